The highest BCUT2D eigenvalue weighted by molar-refractivity contribution is 5.99. The molecule has 1 aliphatic heterocycles. The number of amides is 1. The van der Waals surface area contributed by atoms with Gasteiger partial charge in [-0.3, -0.25) is 9.59 Å². The van der Waals surface area contributed by atoms with Crippen molar-refractivity contribution in [2.75, 3.05) is 18.1 Å². The number of hydrogen-bond donors (Lipinski definition) is 1. The van der Waals surface area contributed by atoms with E-state index in [1.165, 1.54) is 23.1 Å². The summed E-state index contributed by atoms with van der Waals surface area (Å²) < 4.78 is 18.7. The number of carbonyl (C=O) groups excluding carboxylic acids is 1. The quantitative estimate of drug-likeness (QED) is 0.941. The summed E-state index contributed by atoms with van der Waals surface area (Å²) in [5.41, 5.74) is 1.15. The van der Waals surface area contributed by atoms with Crippen molar-refractivity contribution in [1.82, 2.24) is 0 Å². The average Bonchev–Trinajstić information content (AvgIpc) is 2.94. The molecule has 1 amide bonds. The third-order valence-corrected chi connectivity index (χ3v) is 3.76. The number of ether oxygens (including phenoxy) is 1. The van der Waals surface area contributed by atoms with E-state index in [0.717, 1.165) is 0 Å². The molecule has 0 fully saturated rings. The van der Waals surface area contributed by atoms with Gasteiger partial charge in [0.15, 0.2) is 18.2 Å². The molecular weight excluding hydrogens is 301 g/mol. The Morgan fingerprint density at radius 2 is 1.87 bits per heavy atom. The minimum absolute atomic E-state index is 0.0110. The molecule has 6 heteroatoms. The Balaban J connectivity index is 1.76. The van der Waals surface area contributed by atoms with E-state index in [2.05, 4.69) is 0 Å². The molecule has 5 nitrogen and oxygen atoms in total. The van der Waals surface area contributed by atoms with Crippen LogP contribution in [0.5, 0.6) is 5.75 Å². The average molecular weight is 315 g/mol. The van der Waals surface area contributed by atoms with E-state index < -0.39 is 23.6 Å². The minimum Gasteiger partial charge on any atom is -0.481 e. The van der Waals surface area contributed by atoms with Crippen LogP contribution >= 0.6 is 0 Å². The standard InChI is InChI=1S/C17H14FNO4/c18-13-6-2-4-8-15(13)23-10-16(20)19-9-12(17(21)22)11-5-1-3-7-14(11)19/h1-8,12H,9-10H2,(H,21,22)/t12-/m1/s1. The summed E-state index contributed by atoms with van der Waals surface area (Å²) >= 11 is 0. The fraction of sp³-hybridized carbons (Fsp3) is 0.176. The number of hydrogen-bond acceptors (Lipinski definition) is 3. The second kappa shape index (κ2) is 6.08. The van der Waals surface area contributed by atoms with Crippen molar-refractivity contribution in [3.63, 3.8) is 0 Å². The molecule has 23 heavy (non-hydrogen) atoms. The van der Waals surface area contributed by atoms with Crippen molar-refractivity contribution in [3.05, 3.63) is 59.9 Å². The maximum Gasteiger partial charge on any atom is 0.312 e. The van der Waals surface area contributed by atoms with E-state index >= 15 is 0 Å². The molecule has 0 unspecified atom stereocenters. The molecular formula is C17H14FNO4. The summed E-state index contributed by atoms with van der Waals surface area (Å²) in [4.78, 5) is 25.1. The molecule has 1 aliphatic rings. The van der Waals surface area contributed by atoms with Crippen molar-refractivity contribution in [2.24, 2.45) is 0 Å². The van der Waals surface area contributed by atoms with Crippen LogP contribution in [0.3, 0.4) is 0 Å². The number of nitrogens with zero attached hydrogens (tertiary/aromatic N) is 1. The minimum atomic E-state index is -0.984. The lowest BCUT2D eigenvalue weighted by atomic mass is 10.0. The predicted octanol–water partition coefficient (Wildman–Crippen LogP) is 2.42. The Kier molecular flexibility index (Phi) is 3.97. The van der Waals surface area contributed by atoms with Gasteiger partial charge in [-0.25, -0.2) is 4.39 Å². The van der Waals surface area contributed by atoms with Crippen molar-refractivity contribution in [3.8, 4) is 5.75 Å². The Labute approximate surface area is 131 Å². The molecule has 0 bridgehead atoms. The van der Waals surface area contributed by atoms with Gasteiger partial charge in [0.2, 0.25) is 0 Å². The topological polar surface area (TPSA) is 66.8 Å². The summed E-state index contributed by atoms with van der Waals surface area (Å²) in [6.07, 6.45) is 0. The first-order chi connectivity index (χ1) is 11.1. The number of halogens is 1. The monoisotopic (exact) mass is 315 g/mol. The van der Waals surface area contributed by atoms with Gasteiger partial charge in [-0.1, -0.05) is 30.3 Å². The highest BCUT2D eigenvalue weighted by Gasteiger charge is 2.36. The zero-order chi connectivity index (χ0) is 16.4. The fourth-order valence-electron chi connectivity index (χ4n) is 2.63. The van der Waals surface area contributed by atoms with Crippen molar-refractivity contribution in [1.29, 1.82) is 0 Å². The van der Waals surface area contributed by atoms with Gasteiger partial charge in [0.25, 0.3) is 5.91 Å². The molecule has 1 atom stereocenters. The van der Waals surface area contributed by atoms with Gasteiger partial charge >= 0.3 is 5.97 Å². The molecule has 1 N–H and O–H groups in total. The van der Waals surface area contributed by atoms with E-state index in [-0.39, 0.29) is 18.9 Å². The summed E-state index contributed by atoms with van der Waals surface area (Å²) in [6.45, 7) is -0.310. The maximum atomic E-state index is 13.5. The number of benzene rings is 2. The molecule has 0 radical (unpaired) electrons. The Morgan fingerprint density at radius 1 is 1.17 bits per heavy atom. The summed E-state index contributed by atoms with van der Waals surface area (Å²) in [6, 6.07) is 12.7. The Bertz CT molecular complexity index is 762. The van der Waals surface area contributed by atoms with E-state index in [4.69, 9.17) is 4.74 Å². The lowest BCUT2D eigenvalue weighted by Crippen LogP contribution is -2.35. The van der Waals surface area contributed by atoms with Gasteiger partial charge in [-0.2, -0.15) is 0 Å². The second-order valence-corrected chi connectivity index (χ2v) is 5.17. The molecule has 0 aliphatic carbocycles. The molecule has 0 saturated carbocycles. The first-order valence-corrected chi connectivity index (χ1v) is 7.07. The molecule has 118 valence electrons. The smallest absolute Gasteiger partial charge is 0.312 e. The maximum absolute atomic E-state index is 13.5. The molecule has 2 aromatic carbocycles. The third-order valence-electron chi connectivity index (χ3n) is 3.76. The number of anilines is 1. The van der Waals surface area contributed by atoms with Crippen molar-refractivity contribution < 1.29 is 23.8 Å². The number of para-hydroxylation sites is 2. The third kappa shape index (κ3) is 2.88. The molecule has 0 aromatic heterocycles. The number of carboxylic acid groups (broad SMARTS) is 1. The molecule has 3 rings (SSSR count). The second-order valence-electron chi connectivity index (χ2n) is 5.17. The van der Waals surface area contributed by atoms with Gasteiger partial charge in [-0.05, 0) is 23.8 Å². The van der Waals surface area contributed by atoms with Gasteiger partial charge in [0.05, 0.1) is 0 Å². The van der Waals surface area contributed by atoms with E-state index in [0.29, 0.717) is 11.3 Å². The van der Waals surface area contributed by atoms with Crippen LogP contribution in [-0.2, 0) is 9.59 Å². The molecule has 1 heterocycles. The number of carboxylic acids is 1. The van der Waals surface area contributed by atoms with Gasteiger partial charge in [0.1, 0.15) is 5.92 Å². The van der Waals surface area contributed by atoms with E-state index in [1.54, 1.807) is 30.3 Å². The summed E-state index contributed by atoms with van der Waals surface area (Å²) in [7, 11) is 0. The van der Waals surface area contributed by atoms with Crippen LogP contribution in [0.25, 0.3) is 0 Å². The number of aliphatic carboxylic acids is 1. The summed E-state index contributed by atoms with van der Waals surface area (Å²) in [5.74, 6) is -2.72. The Hall–Kier alpha value is -2.89. The zero-order valence-corrected chi connectivity index (χ0v) is 12.1. The van der Waals surface area contributed by atoms with Gasteiger partial charge < -0.3 is 14.7 Å². The van der Waals surface area contributed by atoms with Crippen molar-refractivity contribution in [2.45, 2.75) is 5.92 Å². The molecule has 0 saturated heterocycles. The normalized spacial score (nSPS) is 16.0. The number of carbonyl (C=O) groups is 2. The molecule has 0 spiro atoms. The largest absolute Gasteiger partial charge is 0.481 e. The van der Waals surface area contributed by atoms with Gasteiger partial charge in [0, 0.05) is 12.2 Å². The number of rotatable bonds is 4. The fourth-order valence-corrected chi connectivity index (χ4v) is 2.63. The van der Waals surface area contributed by atoms with Crippen LogP contribution in [0.2, 0.25) is 0 Å². The van der Waals surface area contributed by atoms with E-state index in [1.807, 2.05) is 0 Å². The van der Waals surface area contributed by atoms with Crippen LogP contribution in [0.4, 0.5) is 10.1 Å². The lowest BCUT2D eigenvalue weighted by Gasteiger charge is -2.17. The SMILES string of the molecule is O=C(O)[C@@H]1CN(C(=O)COc2ccccc2F)c2ccccc21. The van der Waals surface area contributed by atoms with E-state index in [9.17, 15) is 19.1 Å². The highest BCUT2D eigenvalue weighted by Crippen LogP contribution is 2.36. The van der Waals surface area contributed by atoms with Crippen LogP contribution in [0.15, 0.2) is 48.5 Å². The first-order valence-electron chi connectivity index (χ1n) is 7.07. The van der Waals surface area contributed by atoms with Crippen LogP contribution in [0, 0.1) is 5.82 Å². The van der Waals surface area contributed by atoms with Crippen molar-refractivity contribution >= 4 is 17.6 Å². The predicted molar refractivity (Wildman–Crippen MR) is 81.1 cm³/mol. The lowest BCUT2D eigenvalue weighted by molar-refractivity contribution is -0.138. The number of fused-ring (bicyclic) bond motifs is 1. The Morgan fingerprint density at radius 3 is 2.61 bits per heavy atom. The first kappa shape index (κ1) is 15.0. The highest BCUT2D eigenvalue weighted by atomic mass is 19.1. The van der Waals surface area contributed by atoms with Gasteiger partial charge in [-0.15, -0.1) is 0 Å². The zero-order valence-electron chi connectivity index (χ0n) is 12.1. The van der Waals surface area contributed by atoms with Crippen LogP contribution < -0.4 is 9.64 Å². The van der Waals surface area contributed by atoms with Crippen LogP contribution in [0.1, 0.15) is 11.5 Å². The van der Waals surface area contributed by atoms with Crippen LogP contribution in [-0.4, -0.2) is 30.1 Å². The summed E-state index contributed by atoms with van der Waals surface area (Å²) in [5, 5.41) is 9.29. The molecule has 2 aromatic rings.